The molecule has 0 saturated heterocycles. The van der Waals surface area contributed by atoms with Crippen LogP contribution in [0.25, 0.3) is 0 Å². The zero-order valence-electron chi connectivity index (χ0n) is 26.4. The fraction of sp³-hybridized carbons (Fsp3) is 0.211. The van der Waals surface area contributed by atoms with Crippen LogP contribution in [-0.4, -0.2) is 52.7 Å². The fourth-order valence-electron chi connectivity index (χ4n) is 6.20. The third-order valence-electron chi connectivity index (χ3n) is 8.21. The van der Waals surface area contributed by atoms with Crippen LogP contribution in [0.4, 0.5) is 0 Å². The van der Waals surface area contributed by atoms with Gasteiger partial charge in [0.1, 0.15) is 0 Å². The van der Waals surface area contributed by atoms with E-state index in [4.69, 9.17) is 28.9 Å². The average molecular weight is 649 g/mol. The van der Waals surface area contributed by atoms with Crippen molar-refractivity contribution in [2.75, 3.05) is 28.4 Å². The van der Waals surface area contributed by atoms with Crippen molar-refractivity contribution in [2.24, 2.45) is 21.8 Å². The van der Waals surface area contributed by atoms with Crippen molar-refractivity contribution in [2.45, 2.75) is 12.5 Å². The Morgan fingerprint density at radius 1 is 0.435 bits per heavy atom. The first-order valence-corrected chi connectivity index (χ1v) is 17.9. The van der Waals surface area contributed by atoms with Gasteiger partial charge in [-0.15, -0.1) is 0 Å². The van der Waals surface area contributed by atoms with Gasteiger partial charge in [-0.2, -0.15) is 0 Å². The molecule has 46 heavy (non-hydrogen) atoms. The topological polar surface area (TPSA) is 61.6 Å². The van der Waals surface area contributed by atoms with E-state index in [0.717, 1.165) is 0 Å². The van der Waals surface area contributed by atoms with Crippen LogP contribution in [0.5, 0.6) is 0 Å². The highest BCUT2D eigenvalue weighted by Gasteiger charge is 2.48. The standard InChI is InChI=1S/C38H38N2O4P2/c1-41-33-25-31(45(27-17-9-5-10-18-27)28-19-11-6-12-20-28)35(37(39-33)43-3)36-32(26-34(42-2)40-38(36)44-4)46(29-21-13-7-14-22-29)30-23-15-8-16-24-30/h5-26,35-38H,1-4H3. The van der Waals surface area contributed by atoms with Crippen molar-refractivity contribution >= 4 is 48.9 Å². The van der Waals surface area contributed by atoms with Crippen molar-refractivity contribution < 1.29 is 18.9 Å². The molecule has 0 N–H and O–H groups in total. The molecule has 6 rings (SSSR count). The van der Waals surface area contributed by atoms with Crippen LogP contribution in [0, 0.1) is 11.8 Å². The van der Waals surface area contributed by atoms with Gasteiger partial charge in [0, 0.05) is 38.2 Å². The summed E-state index contributed by atoms with van der Waals surface area (Å²) in [7, 11) is 4.73. The summed E-state index contributed by atoms with van der Waals surface area (Å²) in [4.78, 5) is 9.99. The summed E-state index contributed by atoms with van der Waals surface area (Å²) in [6.07, 6.45) is 3.17. The molecule has 4 unspecified atom stereocenters. The molecule has 4 atom stereocenters. The summed E-state index contributed by atoms with van der Waals surface area (Å²) in [6, 6.07) is 42.8. The number of ether oxygens (including phenoxy) is 4. The van der Waals surface area contributed by atoms with Gasteiger partial charge < -0.3 is 18.9 Å². The zero-order valence-corrected chi connectivity index (χ0v) is 28.2. The van der Waals surface area contributed by atoms with Crippen LogP contribution in [0.2, 0.25) is 0 Å². The molecule has 0 bridgehead atoms. The number of aliphatic imine (C=N–C) groups is 2. The first-order valence-electron chi connectivity index (χ1n) is 15.2. The summed E-state index contributed by atoms with van der Waals surface area (Å²) in [5.74, 6) is 0.627. The van der Waals surface area contributed by atoms with Gasteiger partial charge in [-0.3, -0.25) is 0 Å². The minimum Gasteiger partial charge on any atom is -0.481 e. The number of hydrogen-bond acceptors (Lipinski definition) is 6. The highest BCUT2D eigenvalue weighted by molar-refractivity contribution is 7.77. The number of methoxy groups -OCH3 is 4. The molecular formula is C38H38N2O4P2. The molecular weight excluding hydrogens is 610 g/mol. The second-order valence-electron chi connectivity index (χ2n) is 10.8. The van der Waals surface area contributed by atoms with Crippen LogP contribution < -0.4 is 21.2 Å². The van der Waals surface area contributed by atoms with Crippen molar-refractivity contribution in [1.29, 1.82) is 0 Å². The fourth-order valence-corrected chi connectivity index (χ4v) is 11.5. The second kappa shape index (κ2) is 15.1. The van der Waals surface area contributed by atoms with Crippen LogP contribution in [0.15, 0.2) is 154 Å². The van der Waals surface area contributed by atoms with E-state index < -0.39 is 28.3 Å². The monoisotopic (exact) mass is 648 g/mol. The Morgan fingerprint density at radius 3 is 0.957 bits per heavy atom. The lowest BCUT2D eigenvalue weighted by Gasteiger charge is -2.44. The molecule has 2 aliphatic rings. The lowest BCUT2D eigenvalue weighted by Crippen LogP contribution is -2.43. The third-order valence-corrected chi connectivity index (χ3v) is 13.4. The lowest BCUT2D eigenvalue weighted by atomic mass is 9.85. The molecule has 4 aromatic rings. The molecule has 6 nitrogen and oxygen atoms in total. The largest absolute Gasteiger partial charge is 0.481 e. The quantitative estimate of drug-likeness (QED) is 0.200. The van der Waals surface area contributed by atoms with Crippen molar-refractivity contribution in [3.63, 3.8) is 0 Å². The van der Waals surface area contributed by atoms with Gasteiger partial charge in [0.2, 0.25) is 11.8 Å². The Kier molecular flexibility index (Phi) is 10.5. The molecule has 2 aliphatic heterocycles. The summed E-state index contributed by atoms with van der Waals surface area (Å²) >= 11 is 0. The molecule has 0 fully saturated rings. The molecule has 0 saturated carbocycles. The molecule has 4 aromatic carbocycles. The van der Waals surface area contributed by atoms with E-state index in [1.807, 2.05) is 0 Å². The second-order valence-corrected chi connectivity index (χ2v) is 15.2. The molecule has 0 aromatic heterocycles. The number of hydrogen-bond donors (Lipinski definition) is 0. The lowest BCUT2D eigenvalue weighted by molar-refractivity contribution is 0.00178. The van der Waals surface area contributed by atoms with Crippen LogP contribution >= 0.6 is 15.8 Å². The molecule has 0 amide bonds. The Hall–Kier alpha value is -3.92. The highest BCUT2D eigenvalue weighted by atomic mass is 31.1. The molecule has 234 valence electrons. The summed E-state index contributed by atoms with van der Waals surface area (Å²) in [6.45, 7) is 0. The Balaban J connectivity index is 1.61. The maximum absolute atomic E-state index is 6.27. The summed E-state index contributed by atoms with van der Waals surface area (Å²) in [5.41, 5.74) is 0. The molecule has 0 radical (unpaired) electrons. The summed E-state index contributed by atoms with van der Waals surface area (Å²) in [5, 5.41) is 7.31. The van der Waals surface area contributed by atoms with E-state index in [2.05, 4.69) is 133 Å². The van der Waals surface area contributed by atoms with E-state index in [0.29, 0.717) is 11.8 Å². The molecule has 0 spiro atoms. The number of nitrogens with zero attached hydrogens (tertiary/aromatic N) is 2. The predicted molar refractivity (Wildman–Crippen MR) is 192 cm³/mol. The Labute approximate surface area is 274 Å². The Morgan fingerprint density at radius 2 is 0.717 bits per heavy atom. The van der Waals surface area contributed by atoms with Crippen molar-refractivity contribution in [3.8, 4) is 0 Å². The number of dihydropyridines is 2. The van der Waals surface area contributed by atoms with Crippen molar-refractivity contribution in [1.82, 2.24) is 0 Å². The third kappa shape index (κ3) is 6.63. The molecule has 2 heterocycles. The number of rotatable bonds is 9. The van der Waals surface area contributed by atoms with Crippen LogP contribution in [-0.2, 0) is 18.9 Å². The van der Waals surface area contributed by atoms with Crippen LogP contribution in [0.3, 0.4) is 0 Å². The van der Waals surface area contributed by atoms with E-state index in [1.165, 1.54) is 31.8 Å². The van der Waals surface area contributed by atoms with E-state index >= 15 is 0 Å². The molecule has 8 heteroatoms. The summed E-state index contributed by atoms with van der Waals surface area (Å²) < 4.78 is 24.2. The Bertz CT molecular complexity index is 1510. The van der Waals surface area contributed by atoms with Gasteiger partial charge in [0.05, 0.1) is 14.2 Å². The van der Waals surface area contributed by atoms with E-state index in [-0.39, 0.29) is 11.8 Å². The zero-order chi connectivity index (χ0) is 31.9. The minimum atomic E-state index is -1.02. The minimum absolute atomic E-state index is 0.230. The van der Waals surface area contributed by atoms with Gasteiger partial charge in [0.25, 0.3) is 0 Å². The average Bonchev–Trinajstić information content (AvgIpc) is 3.13. The van der Waals surface area contributed by atoms with Gasteiger partial charge in [-0.1, -0.05) is 121 Å². The smallest absolute Gasteiger partial charge is 0.211 e. The first kappa shape index (κ1) is 32.0. The van der Waals surface area contributed by atoms with Crippen LogP contribution in [0.1, 0.15) is 0 Å². The van der Waals surface area contributed by atoms with Gasteiger partial charge in [-0.25, -0.2) is 9.98 Å². The highest BCUT2D eigenvalue weighted by Crippen LogP contribution is 2.58. The molecule has 0 aliphatic carbocycles. The number of benzene rings is 4. The van der Waals surface area contributed by atoms with E-state index in [9.17, 15) is 0 Å². The SMILES string of the molecule is COC1=NC(OC)C(C2C(P(c3ccccc3)c3ccccc3)=CC(OC)=NC2OC)C(P(c2ccccc2)c2ccccc2)=C1. The first-order chi connectivity index (χ1) is 22.7. The van der Waals surface area contributed by atoms with Gasteiger partial charge >= 0.3 is 0 Å². The normalized spacial score (nSPS) is 21.3. The van der Waals surface area contributed by atoms with Gasteiger partial charge in [-0.05, 0) is 47.7 Å². The maximum atomic E-state index is 6.27. The van der Waals surface area contributed by atoms with E-state index in [1.54, 1.807) is 28.4 Å². The van der Waals surface area contributed by atoms with Gasteiger partial charge in [0.15, 0.2) is 12.5 Å². The predicted octanol–water partition coefficient (Wildman–Crippen LogP) is 6.31. The van der Waals surface area contributed by atoms with Crippen molar-refractivity contribution in [3.05, 3.63) is 144 Å². The maximum Gasteiger partial charge on any atom is 0.211 e.